The van der Waals surface area contributed by atoms with Gasteiger partial charge < -0.3 is 14.4 Å². The molecule has 0 unspecified atom stereocenters. The lowest BCUT2D eigenvalue weighted by atomic mass is 10.1. The molecule has 0 aromatic rings. The minimum absolute atomic E-state index is 0.282. The molecule has 0 atom stereocenters. The predicted octanol–water partition coefficient (Wildman–Crippen LogP) is 2.02. The monoisotopic (exact) mass is 213 g/mol. The van der Waals surface area contributed by atoms with Crippen molar-refractivity contribution >= 4 is 0 Å². The second-order valence-electron chi connectivity index (χ2n) is 4.84. The lowest BCUT2D eigenvalue weighted by molar-refractivity contribution is -0.148. The number of ether oxygens (including phenoxy) is 2. The highest BCUT2D eigenvalue weighted by Crippen LogP contribution is 2.24. The first-order chi connectivity index (χ1) is 7.29. The van der Waals surface area contributed by atoms with Crippen LogP contribution in [-0.2, 0) is 9.47 Å². The van der Waals surface area contributed by atoms with Gasteiger partial charge in [0.05, 0.1) is 13.2 Å². The van der Waals surface area contributed by atoms with E-state index in [9.17, 15) is 0 Å². The summed E-state index contributed by atoms with van der Waals surface area (Å²) in [7, 11) is 0. The summed E-state index contributed by atoms with van der Waals surface area (Å²) in [4.78, 5) is 2.57. The van der Waals surface area contributed by atoms with Crippen molar-refractivity contribution in [3.8, 4) is 0 Å². The van der Waals surface area contributed by atoms with Crippen LogP contribution in [0.1, 0.15) is 39.0 Å². The summed E-state index contributed by atoms with van der Waals surface area (Å²) >= 11 is 0. The van der Waals surface area contributed by atoms with Gasteiger partial charge in [0.25, 0.3) is 0 Å². The smallest absolute Gasteiger partial charge is 0.165 e. The van der Waals surface area contributed by atoms with Crippen molar-refractivity contribution in [1.29, 1.82) is 0 Å². The Labute approximate surface area is 92.7 Å². The van der Waals surface area contributed by atoms with Crippen molar-refractivity contribution in [2.45, 2.75) is 44.8 Å². The molecule has 2 rings (SSSR count). The molecule has 2 aliphatic rings. The Kier molecular flexibility index (Phi) is 4.00. The van der Waals surface area contributed by atoms with Crippen LogP contribution in [0.4, 0.5) is 0 Å². The second kappa shape index (κ2) is 5.28. The average molecular weight is 213 g/mol. The Bertz CT molecular complexity index is 184. The first kappa shape index (κ1) is 11.4. The van der Waals surface area contributed by atoms with Gasteiger partial charge in [-0.05, 0) is 45.8 Å². The normalized spacial score (nSPS) is 27.0. The first-order valence-corrected chi connectivity index (χ1v) is 6.29. The largest absolute Gasteiger partial charge is 0.348 e. The van der Waals surface area contributed by atoms with Crippen molar-refractivity contribution in [1.82, 2.24) is 4.90 Å². The minimum atomic E-state index is -0.282. The SMILES string of the molecule is CC1(CCCN2CCCCC2)OCCO1. The number of rotatable bonds is 4. The zero-order chi connectivity index (χ0) is 10.6. The third-order valence-electron chi connectivity index (χ3n) is 3.45. The molecule has 0 radical (unpaired) electrons. The van der Waals surface area contributed by atoms with E-state index < -0.39 is 0 Å². The van der Waals surface area contributed by atoms with Crippen LogP contribution < -0.4 is 0 Å². The molecule has 2 heterocycles. The Morgan fingerprint density at radius 1 is 1.07 bits per heavy atom. The fourth-order valence-corrected chi connectivity index (χ4v) is 2.51. The molecule has 3 nitrogen and oxygen atoms in total. The van der Waals surface area contributed by atoms with Crippen molar-refractivity contribution in [2.24, 2.45) is 0 Å². The maximum Gasteiger partial charge on any atom is 0.165 e. The van der Waals surface area contributed by atoms with E-state index in [0.29, 0.717) is 0 Å². The number of piperidine rings is 1. The molecule has 0 N–H and O–H groups in total. The molecule has 0 aromatic carbocycles. The molecule has 88 valence electrons. The van der Waals surface area contributed by atoms with E-state index in [1.807, 2.05) is 0 Å². The summed E-state index contributed by atoms with van der Waals surface area (Å²) < 4.78 is 11.2. The van der Waals surface area contributed by atoms with Gasteiger partial charge in [0, 0.05) is 6.42 Å². The highest BCUT2D eigenvalue weighted by molar-refractivity contribution is 4.70. The predicted molar refractivity (Wildman–Crippen MR) is 59.8 cm³/mol. The van der Waals surface area contributed by atoms with Gasteiger partial charge in [-0.3, -0.25) is 0 Å². The highest BCUT2D eigenvalue weighted by atomic mass is 16.7. The van der Waals surface area contributed by atoms with Crippen LogP contribution in [0.3, 0.4) is 0 Å². The molecule has 15 heavy (non-hydrogen) atoms. The Morgan fingerprint density at radius 3 is 2.40 bits per heavy atom. The lowest BCUT2D eigenvalue weighted by Crippen LogP contribution is -2.32. The zero-order valence-corrected chi connectivity index (χ0v) is 9.83. The van der Waals surface area contributed by atoms with E-state index in [4.69, 9.17) is 9.47 Å². The number of likely N-dealkylation sites (tertiary alicyclic amines) is 1. The van der Waals surface area contributed by atoms with Gasteiger partial charge in [-0.1, -0.05) is 6.42 Å². The molecule has 0 spiro atoms. The van der Waals surface area contributed by atoms with Gasteiger partial charge in [0.15, 0.2) is 5.79 Å². The van der Waals surface area contributed by atoms with Crippen LogP contribution in [0.5, 0.6) is 0 Å². The molecule has 3 heteroatoms. The molecule has 0 bridgehead atoms. The van der Waals surface area contributed by atoms with Crippen LogP contribution in [0.25, 0.3) is 0 Å². The molecular weight excluding hydrogens is 190 g/mol. The zero-order valence-electron chi connectivity index (χ0n) is 9.83. The van der Waals surface area contributed by atoms with E-state index >= 15 is 0 Å². The summed E-state index contributed by atoms with van der Waals surface area (Å²) in [6, 6.07) is 0. The quantitative estimate of drug-likeness (QED) is 0.713. The van der Waals surface area contributed by atoms with E-state index in [1.54, 1.807) is 0 Å². The number of hydrogen-bond acceptors (Lipinski definition) is 3. The molecule has 0 amide bonds. The van der Waals surface area contributed by atoms with Gasteiger partial charge in [-0.15, -0.1) is 0 Å². The summed E-state index contributed by atoms with van der Waals surface area (Å²) in [6.07, 6.45) is 6.40. The van der Waals surface area contributed by atoms with Crippen molar-refractivity contribution in [3.63, 3.8) is 0 Å². The van der Waals surface area contributed by atoms with Crippen molar-refractivity contribution in [3.05, 3.63) is 0 Å². The van der Waals surface area contributed by atoms with Gasteiger partial charge in [0.2, 0.25) is 0 Å². The minimum Gasteiger partial charge on any atom is -0.348 e. The third kappa shape index (κ3) is 3.44. The summed E-state index contributed by atoms with van der Waals surface area (Å²) in [6.45, 7) is 7.38. The van der Waals surface area contributed by atoms with Gasteiger partial charge in [0.1, 0.15) is 0 Å². The fourth-order valence-electron chi connectivity index (χ4n) is 2.51. The summed E-state index contributed by atoms with van der Waals surface area (Å²) in [5.74, 6) is -0.282. The van der Waals surface area contributed by atoms with Crippen LogP contribution in [0.15, 0.2) is 0 Å². The standard InChI is InChI=1S/C12H23NO2/c1-12(14-10-11-15-12)6-5-9-13-7-3-2-4-8-13/h2-11H2,1H3. The number of hydrogen-bond donors (Lipinski definition) is 0. The van der Waals surface area contributed by atoms with Crippen molar-refractivity contribution < 1.29 is 9.47 Å². The molecular formula is C12H23NO2. The number of nitrogens with zero attached hydrogens (tertiary/aromatic N) is 1. The van der Waals surface area contributed by atoms with Crippen LogP contribution >= 0.6 is 0 Å². The molecule has 0 aliphatic carbocycles. The van der Waals surface area contributed by atoms with Gasteiger partial charge >= 0.3 is 0 Å². The molecule has 2 saturated heterocycles. The lowest BCUT2D eigenvalue weighted by Gasteiger charge is -2.28. The maximum absolute atomic E-state index is 5.59. The van der Waals surface area contributed by atoms with E-state index in [0.717, 1.165) is 19.6 Å². The molecule has 0 aromatic heterocycles. The van der Waals surface area contributed by atoms with Crippen LogP contribution in [0.2, 0.25) is 0 Å². The van der Waals surface area contributed by atoms with Gasteiger partial charge in [-0.2, -0.15) is 0 Å². The fraction of sp³-hybridized carbons (Fsp3) is 1.00. The second-order valence-corrected chi connectivity index (χ2v) is 4.84. The van der Waals surface area contributed by atoms with Crippen molar-refractivity contribution in [2.75, 3.05) is 32.8 Å². The Balaban J connectivity index is 1.61. The molecule has 2 fully saturated rings. The third-order valence-corrected chi connectivity index (χ3v) is 3.45. The van der Waals surface area contributed by atoms with E-state index in [-0.39, 0.29) is 5.79 Å². The summed E-state index contributed by atoms with van der Waals surface area (Å²) in [5, 5.41) is 0. The Morgan fingerprint density at radius 2 is 1.73 bits per heavy atom. The molecule has 2 aliphatic heterocycles. The summed E-state index contributed by atoms with van der Waals surface area (Å²) in [5.41, 5.74) is 0. The van der Waals surface area contributed by atoms with Gasteiger partial charge in [-0.25, -0.2) is 0 Å². The first-order valence-electron chi connectivity index (χ1n) is 6.29. The topological polar surface area (TPSA) is 21.7 Å². The average Bonchev–Trinajstić information content (AvgIpc) is 2.67. The van der Waals surface area contributed by atoms with Crippen LogP contribution in [0, 0.1) is 0 Å². The maximum atomic E-state index is 5.59. The highest BCUT2D eigenvalue weighted by Gasteiger charge is 2.30. The Hall–Kier alpha value is -0.120. The molecule has 0 saturated carbocycles. The van der Waals surface area contributed by atoms with E-state index in [1.165, 1.54) is 45.3 Å². The van der Waals surface area contributed by atoms with Crippen LogP contribution in [-0.4, -0.2) is 43.5 Å². The van der Waals surface area contributed by atoms with E-state index in [2.05, 4.69) is 11.8 Å².